The smallest absolute Gasteiger partial charge is 0.335 e. The average Bonchev–Trinajstić information content (AvgIpc) is 2.85. The molecule has 0 spiro atoms. The molecular weight excluding hydrogens is 254 g/mol. The third-order valence-corrected chi connectivity index (χ3v) is 2.94. The van der Waals surface area contributed by atoms with Crippen LogP contribution < -0.4 is 0 Å². The molecule has 1 N–H and O–H groups in total. The van der Waals surface area contributed by atoms with Crippen LogP contribution in [0.2, 0.25) is 0 Å². The molecule has 20 heavy (non-hydrogen) atoms. The molecule has 0 bridgehead atoms. The molecule has 5 nitrogen and oxygen atoms in total. The molecule has 0 amide bonds. The summed E-state index contributed by atoms with van der Waals surface area (Å²) >= 11 is 0. The lowest BCUT2D eigenvalue weighted by molar-refractivity contribution is 0.0696. The summed E-state index contributed by atoms with van der Waals surface area (Å²) in [6.07, 6.45) is 1.69. The molecule has 0 aliphatic rings. The third-order valence-electron chi connectivity index (χ3n) is 2.94. The summed E-state index contributed by atoms with van der Waals surface area (Å²) in [7, 11) is 0. The number of rotatable bonds is 2. The lowest BCUT2D eigenvalue weighted by Gasteiger charge is -2.19. The van der Waals surface area contributed by atoms with E-state index in [1.165, 1.54) is 6.07 Å². The van der Waals surface area contributed by atoms with E-state index in [1.807, 2.05) is 20.8 Å². The lowest BCUT2D eigenvalue weighted by atomic mass is 9.90. The molecule has 2 rings (SSSR count). The highest BCUT2D eigenvalue weighted by Crippen LogP contribution is 2.23. The van der Waals surface area contributed by atoms with Gasteiger partial charge >= 0.3 is 5.97 Å². The molecule has 0 radical (unpaired) electrons. The number of aromatic nitrogens is 2. The van der Waals surface area contributed by atoms with Gasteiger partial charge in [0.15, 0.2) is 0 Å². The molecule has 2 aromatic heterocycles. The number of hydrogen-bond acceptors (Lipinski definition) is 3. The Bertz CT molecular complexity index is 703. The van der Waals surface area contributed by atoms with Crippen LogP contribution in [-0.2, 0) is 5.41 Å². The maximum atomic E-state index is 11.3. The Morgan fingerprint density at radius 3 is 2.65 bits per heavy atom. The third kappa shape index (κ3) is 2.54. The normalized spacial score (nSPS) is 11.1. The second-order valence-electron chi connectivity index (χ2n) is 5.53. The predicted octanol–water partition coefficient (Wildman–Crippen LogP) is 2.74. The first kappa shape index (κ1) is 13.8. The van der Waals surface area contributed by atoms with Gasteiger partial charge in [0.2, 0.25) is 0 Å². The highest BCUT2D eigenvalue weighted by Gasteiger charge is 2.20. The second kappa shape index (κ2) is 4.82. The van der Waals surface area contributed by atoms with E-state index in [9.17, 15) is 9.90 Å². The Morgan fingerprint density at radius 2 is 2.10 bits per heavy atom. The van der Waals surface area contributed by atoms with Gasteiger partial charge in [-0.2, -0.15) is 5.26 Å². The fourth-order valence-corrected chi connectivity index (χ4v) is 1.82. The zero-order chi connectivity index (χ0) is 14.9. The van der Waals surface area contributed by atoms with Crippen LogP contribution in [0.4, 0.5) is 0 Å². The van der Waals surface area contributed by atoms with Crippen molar-refractivity contribution in [2.45, 2.75) is 26.2 Å². The minimum absolute atomic E-state index is 0.164. The van der Waals surface area contributed by atoms with Gasteiger partial charge in [0.1, 0.15) is 17.6 Å². The van der Waals surface area contributed by atoms with Gasteiger partial charge in [0.05, 0.1) is 5.56 Å². The number of carbonyl (C=O) groups is 1. The van der Waals surface area contributed by atoms with Gasteiger partial charge in [-0.25, -0.2) is 9.78 Å². The predicted molar refractivity (Wildman–Crippen MR) is 73.9 cm³/mol. The van der Waals surface area contributed by atoms with Crippen molar-refractivity contribution in [1.29, 1.82) is 5.26 Å². The number of nitrogens with zero attached hydrogens (tertiary/aromatic N) is 3. The lowest BCUT2D eigenvalue weighted by Crippen LogP contribution is -2.17. The van der Waals surface area contributed by atoms with Crippen LogP contribution in [0.5, 0.6) is 0 Å². The van der Waals surface area contributed by atoms with E-state index in [-0.39, 0.29) is 11.0 Å². The number of aromatic carboxylic acids is 1. The molecule has 0 unspecified atom stereocenters. The topological polar surface area (TPSA) is 78.9 Å². The van der Waals surface area contributed by atoms with Crippen LogP contribution in [0, 0.1) is 11.3 Å². The fraction of sp³-hybridized carbons (Fsp3) is 0.267. The molecule has 0 saturated carbocycles. The second-order valence-corrected chi connectivity index (χ2v) is 5.53. The SMILES string of the molecule is CC(C)(C)c1cc(C(=O)O)cc(-n2cccc2C#N)n1. The molecule has 0 aromatic carbocycles. The van der Waals surface area contributed by atoms with Crippen molar-refractivity contribution >= 4 is 5.97 Å². The highest BCUT2D eigenvalue weighted by molar-refractivity contribution is 5.88. The molecule has 0 aliphatic carbocycles. The Hall–Kier alpha value is -2.61. The van der Waals surface area contributed by atoms with Crippen molar-refractivity contribution in [3.63, 3.8) is 0 Å². The van der Waals surface area contributed by atoms with Crippen molar-refractivity contribution in [2.24, 2.45) is 0 Å². The molecule has 2 heterocycles. The van der Waals surface area contributed by atoms with Gasteiger partial charge in [-0.15, -0.1) is 0 Å². The summed E-state index contributed by atoms with van der Waals surface area (Å²) in [4.78, 5) is 15.7. The number of nitriles is 1. The largest absolute Gasteiger partial charge is 0.478 e. The van der Waals surface area contributed by atoms with Crippen LogP contribution in [0.3, 0.4) is 0 Å². The maximum absolute atomic E-state index is 11.3. The van der Waals surface area contributed by atoms with Gasteiger partial charge in [0.25, 0.3) is 0 Å². The minimum atomic E-state index is -1.01. The van der Waals surface area contributed by atoms with Gasteiger partial charge in [-0.05, 0) is 24.3 Å². The van der Waals surface area contributed by atoms with Gasteiger partial charge in [-0.3, -0.25) is 4.57 Å². The first-order valence-corrected chi connectivity index (χ1v) is 6.16. The van der Waals surface area contributed by atoms with Crippen molar-refractivity contribution in [2.75, 3.05) is 0 Å². The summed E-state index contributed by atoms with van der Waals surface area (Å²) < 4.78 is 1.58. The summed E-state index contributed by atoms with van der Waals surface area (Å²) in [5.74, 6) is -0.568. The quantitative estimate of drug-likeness (QED) is 0.909. The van der Waals surface area contributed by atoms with Crippen LogP contribution in [0.25, 0.3) is 5.82 Å². The summed E-state index contributed by atoms with van der Waals surface area (Å²) in [5.41, 5.74) is 0.975. The summed E-state index contributed by atoms with van der Waals surface area (Å²) in [6, 6.07) is 8.48. The van der Waals surface area contributed by atoms with E-state index in [0.717, 1.165) is 0 Å². The molecule has 2 aromatic rings. The van der Waals surface area contributed by atoms with E-state index in [4.69, 9.17) is 5.26 Å². The monoisotopic (exact) mass is 269 g/mol. The molecule has 102 valence electrons. The van der Waals surface area contributed by atoms with E-state index in [0.29, 0.717) is 17.2 Å². The van der Waals surface area contributed by atoms with Crippen molar-refractivity contribution in [3.05, 3.63) is 47.4 Å². The first-order chi connectivity index (χ1) is 9.32. The van der Waals surface area contributed by atoms with Crippen LogP contribution in [0.1, 0.15) is 42.5 Å². The average molecular weight is 269 g/mol. The van der Waals surface area contributed by atoms with E-state index in [2.05, 4.69) is 11.1 Å². The molecule has 0 fully saturated rings. The molecular formula is C15H15N3O2. The molecule has 0 atom stereocenters. The Kier molecular flexibility index (Phi) is 3.33. The van der Waals surface area contributed by atoms with Gasteiger partial charge in [-0.1, -0.05) is 20.8 Å². The Labute approximate surface area is 117 Å². The fourth-order valence-electron chi connectivity index (χ4n) is 1.82. The van der Waals surface area contributed by atoms with Crippen LogP contribution in [-0.4, -0.2) is 20.6 Å². The number of carboxylic acid groups (broad SMARTS) is 1. The number of pyridine rings is 1. The standard InChI is InChI=1S/C15H15N3O2/c1-15(2,3)12-7-10(14(19)20)8-13(17-12)18-6-4-5-11(18)9-16/h4-8H,1-3H3,(H,19,20). The van der Waals surface area contributed by atoms with E-state index < -0.39 is 5.97 Å². The zero-order valence-electron chi connectivity index (χ0n) is 11.6. The molecule has 5 heteroatoms. The van der Waals surface area contributed by atoms with Crippen LogP contribution >= 0.6 is 0 Å². The van der Waals surface area contributed by atoms with Gasteiger partial charge < -0.3 is 5.11 Å². The Morgan fingerprint density at radius 1 is 1.40 bits per heavy atom. The number of carboxylic acids is 1. The van der Waals surface area contributed by atoms with Crippen molar-refractivity contribution in [3.8, 4) is 11.9 Å². The number of hydrogen-bond donors (Lipinski definition) is 1. The summed E-state index contributed by atoms with van der Waals surface area (Å²) in [6.45, 7) is 5.89. The minimum Gasteiger partial charge on any atom is -0.478 e. The first-order valence-electron chi connectivity index (χ1n) is 6.16. The zero-order valence-corrected chi connectivity index (χ0v) is 11.6. The Balaban J connectivity index is 2.68. The van der Waals surface area contributed by atoms with E-state index >= 15 is 0 Å². The van der Waals surface area contributed by atoms with Gasteiger partial charge in [0, 0.05) is 17.3 Å². The molecule has 0 saturated heterocycles. The van der Waals surface area contributed by atoms with Crippen LogP contribution in [0.15, 0.2) is 30.5 Å². The van der Waals surface area contributed by atoms with Crippen molar-refractivity contribution in [1.82, 2.24) is 9.55 Å². The molecule has 0 aliphatic heterocycles. The highest BCUT2D eigenvalue weighted by atomic mass is 16.4. The summed E-state index contributed by atoms with van der Waals surface area (Å²) in [5, 5.41) is 18.3. The maximum Gasteiger partial charge on any atom is 0.335 e. The van der Waals surface area contributed by atoms with E-state index in [1.54, 1.807) is 29.0 Å². The van der Waals surface area contributed by atoms with Crippen molar-refractivity contribution < 1.29 is 9.90 Å².